The Morgan fingerprint density at radius 3 is 2.18 bits per heavy atom. The average molecular weight is 406 g/mol. The molecule has 0 spiro atoms. The Morgan fingerprint density at radius 1 is 1.04 bits per heavy atom. The van der Waals surface area contributed by atoms with Gasteiger partial charge in [0, 0.05) is 23.4 Å². The Bertz CT molecular complexity index is 1090. The van der Waals surface area contributed by atoms with E-state index in [9.17, 15) is 12.8 Å². The van der Waals surface area contributed by atoms with E-state index in [1.807, 2.05) is 13.8 Å². The molecule has 0 unspecified atom stereocenters. The predicted molar refractivity (Wildman–Crippen MR) is 102 cm³/mol. The lowest BCUT2D eigenvalue weighted by Gasteiger charge is -2.13. The maximum Gasteiger partial charge on any atom is 0.264 e. The minimum absolute atomic E-state index is 0.0971. The van der Waals surface area contributed by atoms with Gasteiger partial charge in [0.15, 0.2) is 11.5 Å². The van der Waals surface area contributed by atoms with E-state index in [1.165, 1.54) is 14.2 Å². The van der Waals surface area contributed by atoms with E-state index >= 15 is 0 Å². The number of methoxy groups -OCH3 is 2. The molecule has 1 heterocycles. The fourth-order valence-electron chi connectivity index (χ4n) is 2.53. The molecule has 0 bridgehead atoms. The Hall–Kier alpha value is -3.07. The van der Waals surface area contributed by atoms with E-state index in [2.05, 4.69) is 9.71 Å². The van der Waals surface area contributed by atoms with Crippen LogP contribution in [0, 0.1) is 19.7 Å². The lowest BCUT2D eigenvalue weighted by Crippen LogP contribution is -2.15. The molecule has 0 saturated carbocycles. The number of oxazole rings is 1. The number of hydrogen-bond acceptors (Lipinski definition) is 6. The van der Waals surface area contributed by atoms with Crippen LogP contribution in [-0.4, -0.2) is 27.6 Å². The lowest BCUT2D eigenvalue weighted by atomic mass is 10.2. The zero-order valence-electron chi connectivity index (χ0n) is 15.7. The van der Waals surface area contributed by atoms with Gasteiger partial charge in [-0.1, -0.05) is 0 Å². The number of aromatic nitrogens is 1. The summed E-state index contributed by atoms with van der Waals surface area (Å²) >= 11 is 0. The van der Waals surface area contributed by atoms with Crippen molar-refractivity contribution in [1.82, 2.24) is 4.98 Å². The van der Waals surface area contributed by atoms with Crippen LogP contribution in [0.1, 0.15) is 11.5 Å². The van der Waals surface area contributed by atoms with Crippen molar-refractivity contribution in [2.24, 2.45) is 0 Å². The molecule has 0 fully saturated rings. The standard InChI is InChI=1S/C19H19FN2O5S/c1-11-12(2)27-19(21-11)13-5-7-14(8-6-13)22-28(23,24)18-10-17(26-4)16(25-3)9-15(18)20/h5-10,22H,1-4H3. The fraction of sp³-hybridized carbons (Fsp3) is 0.211. The van der Waals surface area contributed by atoms with Gasteiger partial charge < -0.3 is 13.9 Å². The zero-order chi connectivity index (χ0) is 20.5. The molecule has 0 amide bonds. The van der Waals surface area contributed by atoms with E-state index < -0.39 is 20.7 Å². The zero-order valence-corrected chi connectivity index (χ0v) is 16.6. The summed E-state index contributed by atoms with van der Waals surface area (Å²) in [6.07, 6.45) is 0. The second-order valence-electron chi connectivity index (χ2n) is 5.98. The number of rotatable bonds is 6. The van der Waals surface area contributed by atoms with E-state index in [-0.39, 0.29) is 17.2 Å². The number of aryl methyl sites for hydroxylation is 2. The van der Waals surface area contributed by atoms with Gasteiger partial charge in [0.05, 0.1) is 19.9 Å². The maximum atomic E-state index is 14.3. The van der Waals surface area contributed by atoms with Crippen molar-refractivity contribution in [3.63, 3.8) is 0 Å². The molecule has 0 aliphatic heterocycles. The van der Waals surface area contributed by atoms with Crippen LogP contribution < -0.4 is 14.2 Å². The number of benzene rings is 2. The third-order valence-electron chi connectivity index (χ3n) is 4.14. The van der Waals surface area contributed by atoms with Gasteiger partial charge in [-0.2, -0.15) is 0 Å². The van der Waals surface area contributed by atoms with Gasteiger partial charge in [-0.05, 0) is 38.1 Å². The fourth-order valence-corrected chi connectivity index (χ4v) is 3.66. The van der Waals surface area contributed by atoms with Crippen molar-refractivity contribution in [2.45, 2.75) is 18.7 Å². The van der Waals surface area contributed by atoms with Crippen LogP contribution in [0.2, 0.25) is 0 Å². The van der Waals surface area contributed by atoms with E-state index in [0.717, 1.165) is 17.8 Å². The van der Waals surface area contributed by atoms with Crippen LogP contribution in [0.5, 0.6) is 11.5 Å². The first kappa shape index (κ1) is 19.7. The highest BCUT2D eigenvalue weighted by Crippen LogP contribution is 2.33. The molecule has 0 aliphatic rings. The molecule has 7 nitrogen and oxygen atoms in total. The highest BCUT2D eigenvalue weighted by atomic mass is 32.2. The smallest absolute Gasteiger partial charge is 0.264 e. The molecule has 28 heavy (non-hydrogen) atoms. The highest BCUT2D eigenvalue weighted by Gasteiger charge is 2.23. The Labute approximate surface area is 162 Å². The van der Waals surface area contributed by atoms with Crippen molar-refractivity contribution in [3.8, 4) is 23.0 Å². The molecule has 2 aromatic carbocycles. The van der Waals surface area contributed by atoms with Crippen molar-refractivity contribution in [2.75, 3.05) is 18.9 Å². The summed E-state index contributed by atoms with van der Waals surface area (Å²) in [5, 5.41) is 0. The van der Waals surface area contributed by atoms with Gasteiger partial charge in [0.1, 0.15) is 16.5 Å². The summed E-state index contributed by atoms with van der Waals surface area (Å²) in [6.45, 7) is 3.65. The third-order valence-corrected chi connectivity index (χ3v) is 5.54. The quantitative estimate of drug-likeness (QED) is 0.667. The van der Waals surface area contributed by atoms with Gasteiger partial charge in [-0.25, -0.2) is 17.8 Å². The van der Waals surface area contributed by atoms with Crippen molar-refractivity contribution in [3.05, 3.63) is 53.7 Å². The van der Waals surface area contributed by atoms with Crippen molar-refractivity contribution in [1.29, 1.82) is 0 Å². The largest absolute Gasteiger partial charge is 0.493 e. The summed E-state index contributed by atoms with van der Waals surface area (Å²) in [7, 11) is -1.51. The first-order valence-electron chi connectivity index (χ1n) is 8.24. The molecule has 9 heteroatoms. The minimum atomic E-state index is -4.18. The van der Waals surface area contributed by atoms with Crippen LogP contribution >= 0.6 is 0 Å². The minimum Gasteiger partial charge on any atom is -0.493 e. The number of nitrogens with one attached hydrogen (secondary N) is 1. The van der Waals surface area contributed by atoms with Crippen LogP contribution in [0.3, 0.4) is 0 Å². The number of hydrogen-bond donors (Lipinski definition) is 1. The third kappa shape index (κ3) is 3.79. The molecule has 0 aliphatic carbocycles. The summed E-state index contributed by atoms with van der Waals surface area (Å²) in [5.74, 6) is 0.403. The Kier molecular flexibility index (Phi) is 5.28. The molecular formula is C19H19FN2O5S. The first-order valence-corrected chi connectivity index (χ1v) is 9.72. The predicted octanol–water partition coefficient (Wildman–Crippen LogP) is 3.92. The monoisotopic (exact) mass is 406 g/mol. The molecule has 1 N–H and O–H groups in total. The molecule has 0 saturated heterocycles. The van der Waals surface area contributed by atoms with Gasteiger partial charge >= 0.3 is 0 Å². The lowest BCUT2D eigenvalue weighted by molar-refractivity contribution is 0.350. The van der Waals surface area contributed by atoms with Crippen LogP contribution in [0.4, 0.5) is 10.1 Å². The number of anilines is 1. The topological polar surface area (TPSA) is 90.7 Å². The number of sulfonamides is 1. The molecule has 0 radical (unpaired) electrons. The number of nitrogens with zero attached hydrogens (tertiary/aromatic N) is 1. The van der Waals surface area contributed by atoms with Crippen LogP contribution in [-0.2, 0) is 10.0 Å². The Morgan fingerprint density at radius 2 is 1.64 bits per heavy atom. The second kappa shape index (κ2) is 7.51. The highest BCUT2D eigenvalue weighted by molar-refractivity contribution is 7.92. The molecule has 0 atom stereocenters. The summed E-state index contributed by atoms with van der Waals surface area (Å²) in [5.41, 5.74) is 1.73. The van der Waals surface area contributed by atoms with Gasteiger partial charge in [-0.3, -0.25) is 4.72 Å². The summed E-state index contributed by atoms with van der Waals surface area (Å²) < 4.78 is 57.4. The first-order chi connectivity index (χ1) is 13.2. The Balaban J connectivity index is 1.88. The van der Waals surface area contributed by atoms with Crippen molar-refractivity contribution < 1.29 is 26.7 Å². The molecule has 3 rings (SSSR count). The van der Waals surface area contributed by atoms with Gasteiger partial charge in [0.25, 0.3) is 10.0 Å². The number of halogens is 1. The molecule has 148 valence electrons. The summed E-state index contributed by atoms with van der Waals surface area (Å²) in [4.78, 5) is 3.75. The number of ether oxygens (including phenoxy) is 2. The molecule has 1 aromatic heterocycles. The van der Waals surface area contributed by atoms with Crippen LogP contribution in [0.25, 0.3) is 11.5 Å². The van der Waals surface area contributed by atoms with E-state index in [1.54, 1.807) is 24.3 Å². The maximum absolute atomic E-state index is 14.3. The van der Waals surface area contributed by atoms with Gasteiger partial charge in [-0.15, -0.1) is 0 Å². The van der Waals surface area contributed by atoms with E-state index in [0.29, 0.717) is 17.2 Å². The second-order valence-corrected chi connectivity index (χ2v) is 7.63. The normalized spacial score (nSPS) is 11.3. The van der Waals surface area contributed by atoms with Crippen molar-refractivity contribution >= 4 is 15.7 Å². The van der Waals surface area contributed by atoms with Gasteiger partial charge in [0.2, 0.25) is 5.89 Å². The average Bonchev–Trinajstić information content (AvgIpc) is 3.00. The van der Waals surface area contributed by atoms with Crippen LogP contribution in [0.15, 0.2) is 45.7 Å². The SMILES string of the molecule is COc1cc(F)c(S(=O)(=O)Nc2ccc(-c3nc(C)c(C)o3)cc2)cc1OC. The molecule has 3 aromatic rings. The van der Waals surface area contributed by atoms with E-state index in [4.69, 9.17) is 13.9 Å². The summed E-state index contributed by atoms with van der Waals surface area (Å²) in [6, 6.07) is 8.44. The molecular weight excluding hydrogens is 387 g/mol.